The molecule has 0 bridgehead atoms. The van der Waals surface area contributed by atoms with Gasteiger partial charge in [-0.3, -0.25) is 4.79 Å². The van der Waals surface area contributed by atoms with Gasteiger partial charge in [0, 0.05) is 24.7 Å². The molecule has 0 saturated carbocycles. The van der Waals surface area contributed by atoms with Gasteiger partial charge in [0.1, 0.15) is 0 Å². The summed E-state index contributed by atoms with van der Waals surface area (Å²) >= 11 is 0. The van der Waals surface area contributed by atoms with E-state index >= 15 is 0 Å². The smallest absolute Gasteiger partial charge is 0.328 e. The summed E-state index contributed by atoms with van der Waals surface area (Å²) in [7, 11) is 1.80. The predicted octanol–water partition coefficient (Wildman–Crippen LogP) is 3.35. The van der Waals surface area contributed by atoms with Gasteiger partial charge in [0.2, 0.25) is 0 Å². The van der Waals surface area contributed by atoms with Crippen molar-refractivity contribution in [3.8, 4) is 0 Å². The van der Waals surface area contributed by atoms with Gasteiger partial charge in [-0.1, -0.05) is 19.4 Å². The summed E-state index contributed by atoms with van der Waals surface area (Å²) in [6.07, 6.45) is 4.59. The molecule has 4 nitrogen and oxygen atoms in total. The van der Waals surface area contributed by atoms with Gasteiger partial charge in [0.25, 0.3) is 5.91 Å². The van der Waals surface area contributed by atoms with Crippen molar-refractivity contribution in [2.75, 3.05) is 7.05 Å². The molecule has 1 aromatic carbocycles. The zero-order chi connectivity index (χ0) is 16.0. The van der Waals surface area contributed by atoms with Gasteiger partial charge in [-0.05, 0) is 49.6 Å². The first-order chi connectivity index (χ1) is 9.86. The second kappa shape index (κ2) is 7.62. The van der Waals surface area contributed by atoms with E-state index in [9.17, 15) is 9.59 Å². The number of amides is 1. The van der Waals surface area contributed by atoms with E-state index in [-0.39, 0.29) is 11.9 Å². The molecule has 0 aliphatic heterocycles. The summed E-state index contributed by atoms with van der Waals surface area (Å²) in [4.78, 5) is 24.8. The van der Waals surface area contributed by atoms with Crippen molar-refractivity contribution in [2.24, 2.45) is 0 Å². The third-order valence-corrected chi connectivity index (χ3v) is 3.62. The molecule has 114 valence electrons. The maximum atomic E-state index is 12.4. The van der Waals surface area contributed by atoms with E-state index in [0.717, 1.165) is 30.0 Å². The highest BCUT2D eigenvalue weighted by Crippen LogP contribution is 2.16. The zero-order valence-electron chi connectivity index (χ0n) is 13.1. The summed E-state index contributed by atoms with van der Waals surface area (Å²) in [5.74, 6) is -1.04. The number of aliphatic carboxylic acids is 1. The number of carboxylic acid groups (broad SMARTS) is 1. The van der Waals surface area contributed by atoms with E-state index in [4.69, 9.17) is 5.11 Å². The Labute approximate surface area is 126 Å². The Morgan fingerprint density at radius 1 is 1.38 bits per heavy atom. The molecule has 0 radical (unpaired) electrons. The topological polar surface area (TPSA) is 57.6 Å². The maximum Gasteiger partial charge on any atom is 0.328 e. The molecule has 0 spiro atoms. The molecule has 1 atom stereocenters. The number of aryl methyl sites for hydroxylation is 1. The minimum atomic E-state index is -1.00. The number of carbonyl (C=O) groups excluding carboxylic acids is 1. The van der Waals surface area contributed by atoms with Gasteiger partial charge >= 0.3 is 5.97 Å². The largest absolute Gasteiger partial charge is 0.478 e. The van der Waals surface area contributed by atoms with E-state index in [1.54, 1.807) is 24.1 Å². The lowest BCUT2D eigenvalue weighted by atomic mass is 10.0. The van der Waals surface area contributed by atoms with E-state index in [2.05, 4.69) is 6.92 Å². The molecule has 0 aliphatic carbocycles. The van der Waals surface area contributed by atoms with Gasteiger partial charge in [-0.2, -0.15) is 0 Å². The normalized spacial score (nSPS) is 12.4. The summed E-state index contributed by atoms with van der Waals surface area (Å²) in [6.45, 7) is 6.01. The van der Waals surface area contributed by atoms with Gasteiger partial charge in [0.05, 0.1) is 0 Å². The molecule has 0 heterocycles. The molecule has 0 aromatic heterocycles. The molecule has 1 aromatic rings. The van der Waals surface area contributed by atoms with Crippen LogP contribution in [0.1, 0.15) is 48.2 Å². The molecular formula is C17H23NO3. The average Bonchev–Trinajstić information content (AvgIpc) is 2.45. The number of carbonyl (C=O) groups is 2. The Morgan fingerprint density at radius 2 is 2.05 bits per heavy atom. The molecule has 0 aliphatic rings. The SMILES string of the molecule is CCCC(C)N(C)C(=O)c1ccc(C)c(/C=C/C(=O)O)c1. The van der Waals surface area contributed by atoms with Gasteiger partial charge < -0.3 is 10.0 Å². The van der Waals surface area contributed by atoms with Crippen molar-refractivity contribution in [1.82, 2.24) is 4.90 Å². The highest BCUT2D eigenvalue weighted by molar-refractivity contribution is 5.95. The van der Waals surface area contributed by atoms with E-state index in [1.165, 1.54) is 6.08 Å². The number of nitrogens with zero attached hydrogens (tertiary/aromatic N) is 1. The van der Waals surface area contributed by atoms with Crippen molar-refractivity contribution >= 4 is 18.0 Å². The van der Waals surface area contributed by atoms with Crippen LogP contribution in [-0.4, -0.2) is 35.0 Å². The fraction of sp³-hybridized carbons (Fsp3) is 0.412. The predicted molar refractivity (Wildman–Crippen MR) is 84.3 cm³/mol. The Morgan fingerprint density at radius 3 is 2.62 bits per heavy atom. The zero-order valence-corrected chi connectivity index (χ0v) is 13.1. The number of carboxylic acids is 1. The van der Waals surface area contributed by atoms with Crippen molar-refractivity contribution in [3.05, 3.63) is 41.0 Å². The fourth-order valence-electron chi connectivity index (χ4n) is 2.13. The average molecular weight is 289 g/mol. The summed E-state index contributed by atoms with van der Waals surface area (Å²) in [5.41, 5.74) is 2.27. The molecule has 1 unspecified atom stereocenters. The van der Waals surface area contributed by atoms with Gasteiger partial charge in [-0.25, -0.2) is 4.79 Å². The van der Waals surface area contributed by atoms with E-state index < -0.39 is 5.97 Å². The number of hydrogen-bond acceptors (Lipinski definition) is 2. The Balaban J connectivity index is 3.00. The van der Waals surface area contributed by atoms with Gasteiger partial charge in [-0.15, -0.1) is 0 Å². The monoisotopic (exact) mass is 289 g/mol. The van der Waals surface area contributed by atoms with E-state index in [0.29, 0.717) is 5.56 Å². The number of benzene rings is 1. The van der Waals surface area contributed by atoms with Crippen LogP contribution in [-0.2, 0) is 4.79 Å². The van der Waals surface area contributed by atoms with Crippen LogP contribution in [0.5, 0.6) is 0 Å². The quantitative estimate of drug-likeness (QED) is 0.817. The first-order valence-electron chi connectivity index (χ1n) is 7.15. The fourth-order valence-corrected chi connectivity index (χ4v) is 2.13. The van der Waals surface area contributed by atoms with E-state index in [1.807, 2.05) is 19.9 Å². The molecular weight excluding hydrogens is 266 g/mol. The highest BCUT2D eigenvalue weighted by Gasteiger charge is 2.17. The number of rotatable bonds is 6. The highest BCUT2D eigenvalue weighted by atomic mass is 16.4. The third-order valence-electron chi connectivity index (χ3n) is 3.62. The lowest BCUT2D eigenvalue weighted by molar-refractivity contribution is -0.131. The molecule has 1 rings (SSSR count). The summed E-state index contributed by atoms with van der Waals surface area (Å²) in [5, 5.41) is 8.70. The van der Waals surface area contributed by atoms with Crippen molar-refractivity contribution in [1.29, 1.82) is 0 Å². The first kappa shape index (κ1) is 17.0. The number of hydrogen-bond donors (Lipinski definition) is 1. The van der Waals surface area contributed by atoms with Crippen LogP contribution < -0.4 is 0 Å². The Bertz CT molecular complexity index is 549. The molecule has 0 saturated heterocycles. The van der Waals surface area contributed by atoms with Crippen molar-refractivity contribution in [3.63, 3.8) is 0 Å². The summed E-state index contributed by atoms with van der Waals surface area (Å²) in [6, 6.07) is 5.55. The summed E-state index contributed by atoms with van der Waals surface area (Å²) < 4.78 is 0. The van der Waals surface area contributed by atoms with Crippen LogP contribution in [0.15, 0.2) is 24.3 Å². The van der Waals surface area contributed by atoms with Crippen LogP contribution in [0.2, 0.25) is 0 Å². The minimum absolute atomic E-state index is 0.0408. The molecule has 1 N–H and O–H groups in total. The van der Waals surface area contributed by atoms with Crippen LogP contribution in [0, 0.1) is 6.92 Å². The molecule has 4 heteroatoms. The lowest BCUT2D eigenvalue weighted by Gasteiger charge is -2.25. The maximum absolute atomic E-state index is 12.4. The van der Waals surface area contributed by atoms with Crippen molar-refractivity contribution in [2.45, 2.75) is 39.7 Å². The first-order valence-corrected chi connectivity index (χ1v) is 7.15. The molecule has 1 amide bonds. The van der Waals surface area contributed by atoms with Crippen LogP contribution in [0.4, 0.5) is 0 Å². The molecule has 21 heavy (non-hydrogen) atoms. The van der Waals surface area contributed by atoms with Crippen LogP contribution in [0.25, 0.3) is 6.08 Å². The minimum Gasteiger partial charge on any atom is -0.478 e. The third kappa shape index (κ3) is 4.74. The van der Waals surface area contributed by atoms with Crippen LogP contribution >= 0.6 is 0 Å². The standard InChI is InChI=1S/C17H23NO3/c1-5-6-13(3)18(4)17(21)15-8-7-12(2)14(11-15)9-10-16(19)20/h7-11,13H,5-6H2,1-4H3,(H,19,20)/b10-9+. The van der Waals surface area contributed by atoms with Crippen molar-refractivity contribution < 1.29 is 14.7 Å². The van der Waals surface area contributed by atoms with Crippen LogP contribution in [0.3, 0.4) is 0 Å². The van der Waals surface area contributed by atoms with Gasteiger partial charge in [0.15, 0.2) is 0 Å². The Hall–Kier alpha value is -2.10. The second-order valence-electron chi connectivity index (χ2n) is 5.30. The Kier molecular flexibility index (Phi) is 6.15. The lowest BCUT2D eigenvalue weighted by Crippen LogP contribution is -2.35. The molecule has 0 fully saturated rings. The second-order valence-corrected chi connectivity index (χ2v) is 5.30.